The molecule has 0 atom stereocenters. The summed E-state index contributed by atoms with van der Waals surface area (Å²) in [5, 5.41) is 2.85. The first-order valence-electron chi connectivity index (χ1n) is 8.21. The molecule has 1 aromatic rings. The van der Waals surface area contributed by atoms with E-state index >= 15 is 0 Å². The monoisotopic (exact) mass is 360 g/mol. The van der Waals surface area contributed by atoms with Gasteiger partial charge in [-0.05, 0) is 37.1 Å². The zero-order valence-corrected chi connectivity index (χ0v) is 14.6. The largest absolute Gasteiger partial charge is 0.466 e. The van der Waals surface area contributed by atoms with Gasteiger partial charge in [-0.25, -0.2) is 9.59 Å². The molecule has 138 valence electrons. The number of nitrogens with zero attached hydrogens (tertiary/aromatic N) is 1. The SMILES string of the molecule is COC(=O)C1=C(C(=O)OC)N(c2ccc(NC(=O)C3CC3)cc2)COC1. The highest BCUT2D eigenvalue weighted by atomic mass is 16.5. The molecule has 8 nitrogen and oxygen atoms in total. The first-order chi connectivity index (χ1) is 12.5. The molecule has 0 bridgehead atoms. The predicted molar refractivity (Wildman–Crippen MR) is 92.2 cm³/mol. The molecule has 1 N–H and O–H groups in total. The molecular formula is C18H20N2O6. The Hall–Kier alpha value is -2.87. The zero-order chi connectivity index (χ0) is 18.7. The van der Waals surface area contributed by atoms with Gasteiger partial charge in [0.15, 0.2) is 0 Å². The van der Waals surface area contributed by atoms with Gasteiger partial charge in [0, 0.05) is 17.3 Å². The van der Waals surface area contributed by atoms with E-state index in [1.165, 1.54) is 19.1 Å². The number of esters is 2. The average Bonchev–Trinajstić information content (AvgIpc) is 3.52. The summed E-state index contributed by atoms with van der Waals surface area (Å²) < 4.78 is 15.0. The van der Waals surface area contributed by atoms with Crippen molar-refractivity contribution in [1.29, 1.82) is 0 Å². The lowest BCUT2D eigenvalue weighted by Gasteiger charge is -2.31. The van der Waals surface area contributed by atoms with E-state index in [0.29, 0.717) is 11.4 Å². The maximum atomic E-state index is 12.2. The Morgan fingerprint density at radius 1 is 1.08 bits per heavy atom. The van der Waals surface area contributed by atoms with Gasteiger partial charge >= 0.3 is 11.9 Å². The van der Waals surface area contributed by atoms with E-state index in [1.807, 2.05) is 0 Å². The molecule has 1 aliphatic heterocycles. The van der Waals surface area contributed by atoms with Crippen LogP contribution in [0.2, 0.25) is 0 Å². The van der Waals surface area contributed by atoms with Gasteiger partial charge in [0.05, 0.1) is 26.4 Å². The molecule has 0 unspecified atom stereocenters. The maximum absolute atomic E-state index is 12.2. The molecule has 26 heavy (non-hydrogen) atoms. The van der Waals surface area contributed by atoms with Gasteiger partial charge in [0.25, 0.3) is 0 Å². The molecule has 0 saturated heterocycles. The molecule has 1 saturated carbocycles. The topological polar surface area (TPSA) is 94.2 Å². The summed E-state index contributed by atoms with van der Waals surface area (Å²) >= 11 is 0. The van der Waals surface area contributed by atoms with E-state index in [4.69, 9.17) is 14.2 Å². The smallest absolute Gasteiger partial charge is 0.355 e. The van der Waals surface area contributed by atoms with Crippen LogP contribution >= 0.6 is 0 Å². The van der Waals surface area contributed by atoms with Gasteiger partial charge in [0.1, 0.15) is 12.4 Å². The summed E-state index contributed by atoms with van der Waals surface area (Å²) in [6.07, 6.45) is 1.86. The molecular weight excluding hydrogens is 340 g/mol. The van der Waals surface area contributed by atoms with Crippen LogP contribution in [0.5, 0.6) is 0 Å². The third-order valence-corrected chi connectivity index (χ3v) is 4.23. The lowest BCUT2D eigenvalue weighted by molar-refractivity contribution is -0.140. The van der Waals surface area contributed by atoms with Crippen LogP contribution in [-0.2, 0) is 28.6 Å². The second kappa shape index (κ2) is 7.57. The Morgan fingerprint density at radius 2 is 1.73 bits per heavy atom. The van der Waals surface area contributed by atoms with Crippen molar-refractivity contribution in [3.8, 4) is 0 Å². The Balaban J connectivity index is 1.86. The van der Waals surface area contributed by atoms with Gasteiger partial charge in [-0.3, -0.25) is 4.79 Å². The van der Waals surface area contributed by atoms with Crippen LogP contribution in [0.25, 0.3) is 0 Å². The van der Waals surface area contributed by atoms with Crippen LogP contribution in [-0.4, -0.2) is 45.4 Å². The molecule has 0 radical (unpaired) electrons. The lowest BCUT2D eigenvalue weighted by atomic mass is 10.1. The van der Waals surface area contributed by atoms with E-state index < -0.39 is 11.9 Å². The van der Waals surface area contributed by atoms with Gasteiger partial charge in [0.2, 0.25) is 5.91 Å². The number of carbonyl (C=O) groups is 3. The minimum atomic E-state index is -0.653. The first kappa shape index (κ1) is 17.9. The molecule has 1 fully saturated rings. The third-order valence-electron chi connectivity index (χ3n) is 4.23. The summed E-state index contributed by atoms with van der Waals surface area (Å²) in [5.74, 6) is -1.17. The number of carbonyl (C=O) groups excluding carboxylic acids is 3. The molecule has 1 aliphatic carbocycles. The van der Waals surface area contributed by atoms with E-state index in [-0.39, 0.29) is 36.4 Å². The second-order valence-electron chi connectivity index (χ2n) is 6.03. The summed E-state index contributed by atoms with van der Waals surface area (Å²) in [5.41, 5.74) is 1.47. The number of ether oxygens (including phenoxy) is 3. The molecule has 1 heterocycles. The second-order valence-corrected chi connectivity index (χ2v) is 6.03. The zero-order valence-electron chi connectivity index (χ0n) is 14.6. The Morgan fingerprint density at radius 3 is 2.31 bits per heavy atom. The highest BCUT2D eigenvalue weighted by Crippen LogP contribution is 2.31. The molecule has 3 rings (SSSR count). The minimum absolute atomic E-state index is 0.0159. The first-order valence-corrected chi connectivity index (χ1v) is 8.21. The lowest BCUT2D eigenvalue weighted by Crippen LogP contribution is -2.38. The van der Waals surface area contributed by atoms with Gasteiger partial charge < -0.3 is 24.4 Å². The van der Waals surface area contributed by atoms with Gasteiger partial charge in [-0.1, -0.05) is 0 Å². The van der Waals surface area contributed by atoms with Crippen molar-refractivity contribution >= 4 is 29.2 Å². The van der Waals surface area contributed by atoms with Crippen LogP contribution in [0.1, 0.15) is 12.8 Å². The van der Waals surface area contributed by atoms with E-state index in [0.717, 1.165) is 12.8 Å². The molecule has 2 aliphatic rings. The van der Waals surface area contributed by atoms with Crippen LogP contribution in [0.15, 0.2) is 35.5 Å². The number of benzene rings is 1. The molecule has 0 spiro atoms. The Labute approximate surface area is 150 Å². The molecule has 1 aromatic carbocycles. The van der Waals surface area contributed by atoms with Crippen LogP contribution in [0.4, 0.5) is 11.4 Å². The van der Waals surface area contributed by atoms with E-state index in [9.17, 15) is 14.4 Å². The number of hydrogen-bond donors (Lipinski definition) is 1. The number of rotatable bonds is 5. The Kier molecular flexibility index (Phi) is 5.22. The number of anilines is 2. The van der Waals surface area contributed by atoms with Crippen molar-refractivity contribution in [2.75, 3.05) is 37.8 Å². The molecule has 0 aromatic heterocycles. The predicted octanol–water partition coefficient (Wildman–Crippen LogP) is 1.43. The average molecular weight is 360 g/mol. The molecule has 1 amide bonds. The standard InChI is InChI=1S/C18H20N2O6/c1-24-17(22)14-9-26-10-20(15(14)18(23)25-2)13-7-5-12(6-8-13)19-16(21)11-3-4-11/h5-8,11H,3-4,9-10H2,1-2H3,(H,19,21). The normalized spacial score (nSPS) is 16.9. The summed E-state index contributed by atoms with van der Waals surface area (Å²) in [6.45, 7) is 0.0435. The maximum Gasteiger partial charge on any atom is 0.355 e. The molecule has 8 heteroatoms. The van der Waals surface area contributed by atoms with Crippen molar-refractivity contribution in [1.82, 2.24) is 0 Å². The number of nitrogens with one attached hydrogen (secondary N) is 1. The highest BCUT2D eigenvalue weighted by Gasteiger charge is 2.32. The number of amides is 1. The fraction of sp³-hybridized carbons (Fsp3) is 0.389. The van der Waals surface area contributed by atoms with Crippen molar-refractivity contribution in [3.05, 3.63) is 35.5 Å². The van der Waals surface area contributed by atoms with Crippen molar-refractivity contribution in [2.45, 2.75) is 12.8 Å². The fourth-order valence-electron chi connectivity index (χ4n) is 2.66. The van der Waals surface area contributed by atoms with Gasteiger partial charge in [-0.2, -0.15) is 0 Å². The van der Waals surface area contributed by atoms with E-state index in [2.05, 4.69) is 5.32 Å². The van der Waals surface area contributed by atoms with Crippen molar-refractivity contribution < 1.29 is 28.6 Å². The highest BCUT2D eigenvalue weighted by molar-refractivity contribution is 6.03. The Bertz CT molecular complexity index is 751. The summed E-state index contributed by atoms with van der Waals surface area (Å²) in [4.78, 5) is 37.6. The third kappa shape index (κ3) is 3.70. The minimum Gasteiger partial charge on any atom is -0.466 e. The quantitative estimate of drug-likeness (QED) is 0.794. The number of hydrogen-bond acceptors (Lipinski definition) is 7. The van der Waals surface area contributed by atoms with Gasteiger partial charge in [-0.15, -0.1) is 0 Å². The van der Waals surface area contributed by atoms with Crippen LogP contribution < -0.4 is 10.2 Å². The summed E-state index contributed by atoms with van der Waals surface area (Å²) in [6, 6.07) is 6.93. The van der Waals surface area contributed by atoms with Crippen molar-refractivity contribution in [3.63, 3.8) is 0 Å². The fourth-order valence-corrected chi connectivity index (χ4v) is 2.66. The van der Waals surface area contributed by atoms with E-state index in [1.54, 1.807) is 24.3 Å². The van der Waals surface area contributed by atoms with Crippen molar-refractivity contribution in [2.24, 2.45) is 5.92 Å². The van der Waals surface area contributed by atoms with Crippen LogP contribution in [0, 0.1) is 5.92 Å². The number of methoxy groups -OCH3 is 2. The van der Waals surface area contributed by atoms with Crippen LogP contribution in [0.3, 0.4) is 0 Å². The summed E-state index contributed by atoms with van der Waals surface area (Å²) in [7, 11) is 2.48.